The van der Waals surface area contributed by atoms with Crippen LogP contribution in [0.3, 0.4) is 0 Å². The van der Waals surface area contributed by atoms with Crippen LogP contribution in [0.2, 0.25) is 0 Å². The first-order valence-electron chi connectivity index (χ1n) is 9.52. The van der Waals surface area contributed by atoms with Crippen LogP contribution in [0, 0.1) is 17.8 Å². The highest BCUT2D eigenvalue weighted by Gasteiger charge is 2.75. The number of carbonyl (C=O) groups excluding carboxylic acids is 3. The van der Waals surface area contributed by atoms with Gasteiger partial charge in [0.2, 0.25) is 17.7 Å². The van der Waals surface area contributed by atoms with E-state index in [0.717, 1.165) is 19.3 Å². The number of β-amino-alcohol motifs (C(OH)–C–C–N with tert-alkyl or cyclic N) is 1. The van der Waals surface area contributed by atoms with Crippen LogP contribution in [0.15, 0.2) is 0 Å². The molecule has 26 heavy (non-hydrogen) atoms. The second-order valence-electron chi connectivity index (χ2n) is 7.57. The molecule has 3 aliphatic heterocycles. The van der Waals surface area contributed by atoms with Crippen LogP contribution in [-0.2, 0) is 14.4 Å². The van der Waals surface area contributed by atoms with Gasteiger partial charge in [0.25, 0.3) is 0 Å². The molecule has 6 atom stereocenters. The molecule has 3 amide bonds. The van der Waals surface area contributed by atoms with E-state index in [1.807, 2.05) is 0 Å². The quantitative estimate of drug-likeness (QED) is 0.537. The van der Waals surface area contributed by atoms with Gasteiger partial charge in [-0.05, 0) is 18.8 Å². The number of likely N-dealkylation sites (tertiary alicyclic amines) is 1. The third-order valence-electron chi connectivity index (χ3n) is 6.21. The number of carbonyl (C=O) groups is 3. The Morgan fingerprint density at radius 1 is 1.38 bits per heavy atom. The van der Waals surface area contributed by atoms with E-state index in [2.05, 4.69) is 24.5 Å². The molecule has 3 rings (SSSR count). The number of nitrogens with one attached hydrogen (secondary N) is 2. The molecule has 0 aromatic rings. The first-order chi connectivity index (χ1) is 12.4. The molecule has 1 spiro atoms. The van der Waals surface area contributed by atoms with E-state index in [1.54, 1.807) is 18.8 Å². The average Bonchev–Trinajstić information content (AvgIpc) is 3.19. The minimum atomic E-state index is -0.622. The van der Waals surface area contributed by atoms with E-state index < -0.39 is 22.6 Å². The fraction of sp³-hybridized carbons (Fsp3) is 0.833. The number of nitrogens with zero attached hydrogens (tertiary/aromatic N) is 1. The van der Waals surface area contributed by atoms with Gasteiger partial charge in [0.05, 0.1) is 23.2 Å². The second-order valence-corrected chi connectivity index (χ2v) is 9.11. The summed E-state index contributed by atoms with van der Waals surface area (Å²) in [5, 5.41) is 15.2. The van der Waals surface area contributed by atoms with Crippen molar-refractivity contribution in [2.75, 3.05) is 26.7 Å². The Bertz CT molecular complexity index is 601. The van der Waals surface area contributed by atoms with Gasteiger partial charge in [-0.25, -0.2) is 0 Å². The zero-order valence-electron chi connectivity index (χ0n) is 15.7. The highest BCUT2D eigenvalue weighted by atomic mass is 32.2. The highest BCUT2D eigenvalue weighted by Crippen LogP contribution is 2.68. The van der Waals surface area contributed by atoms with E-state index in [-0.39, 0.29) is 42.0 Å². The van der Waals surface area contributed by atoms with Gasteiger partial charge in [0, 0.05) is 25.4 Å². The number of fused-ring (bicyclic) bond motifs is 1. The Morgan fingerprint density at radius 3 is 2.73 bits per heavy atom. The fourth-order valence-electron chi connectivity index (χ4n) is 5.12. The topological polar surface area (TPSA) is 98.7 Å². The van der Waals surface area contributed by atoms with Gasteiger partial charge in [0.1, 0.15) is 6.04 Å². The molecule has 7 nitrogen and oxygen atoms in total. The van der Waals surface area contributed by atoms with E-state index >= 15 is 0 Å². The number of hydrogen-bond acceptors (Lipinski definition) is 5. The standard InChI is InChI=1S/C18H29N3O4S/c1-4-5-6-20-16(24)14-18-10(2)9-11(26-18)12(15(23)19-3)13(18)17(25)21(14)7-8-22/h10-14,22H,4-9H2,1-3H3,(H,19,23)(H,20,24)/t10?,11-,12+,13+,14?,18?/m1/s1. The summed E-state index contributed by atoms with van der Waals surface area (Å²) in [6, 6.07) is -0.622. The highest BCUT2D eigenvalue weighted by molar-refractivity contribution is 8.02. The first-order valence-corrected chi connectivity index (χ1v) is 10.4. The molecule has 3 N–H and O–H groups in total. The van der Waals surface area contributed by atoms with Gasteiger partial charge in [-0.1, -0.05) is 20.3 Å². The van der Waals surface area contributed by atoms with Crippen molar-refractivity contribution in [1.82, 2.24) is 15.5 Å². The molecule has 3 fully saturated rings. The molecule has 2 bridgehead atoms. The molecule has 3 saturated heterocycles. The van der Waals surface area contributed by atoms with Crippen LogP contribution in [0.4, 0.5) is 0 Å². The van der Waals surface area contributed by atoms with Crippen molar-refractivity contribution in [3.63, 3.8) is 0 Å². The minimum Gasteiger partial charge on any atom is -0.395 e. The molecule has 0 aromatic heterocycles. The first kappa shape index (κ1) is 19.5. The van der Waals surface area contributed by atoms with Crippen molar-refractivity contribution in [3.8, 4) is 0 Å². The summed E-state index contributed by atoms with van der Waals surface area (Å²) in [7, 11) is 1.59. The van der Waals surface area contributed by atoms with Crippen LogP contribution < -0.4 is 10.6 Å². The average molecular weight is 384 g/mol. The van der Waals surface area contributed by atoms with Crippen molar-refractivity contribution >= 4 is 29.5 Å². The lowest BCUT2D eigenvalue weighted by atomic mass is 9.66. The summed E-state index contributed by atoms with van der Waals surface area (Å²) in [6.07, 6.45) is 2.69. The van der Waals surface area contributed by atoms with E-state index in [4.69, 9.17) is 0 Å². The molecule has 8 heteroatoms. The molecule has 0 aliphatic carbocycles. The lowest BCUT2D eigenvalue weighted by Crippen LogP contribution is -2.56. The lowest BCUT2D eigenvalue weighted by Gasteiger charge is -2.38. The zero-order valence-corrected chi connectivity index (χ0v) is 16.5. The van der Waals surface area contributed by atoms with Crippen LogP contribution in [0.1, 0.15) is 33.1 Å². The summed E-state index contributed by atoms with van der Waals surface area (Å²) in [6.45, 7) is 4.65. The third-order valence-corrected chi connectivity index (χ3v) is 8.29. The maximum atomic E-state index is 13.2. The maximum absolute atomic E-state index is 13.2. The van der Waals surface area contributed by atoms with Gasteiger partial charge in [0.15, 0.2) is 0 Å². The van der Waals surface area contributed by atoms with Crippen molar-refractivity contribution in [2.24, 2.45) is 17.8 Å². The van der Waals surface area contributed by atoms with Crippen LogP contribution in [-0.4, -0.2) is 70.5 Å². The summed E-state index contributed by atoms with van der Waals surface area (Å²) >= 11 is 1.65. The Morgan fingerprint density at radius 2 is 2.12 bits per heavy atom. The number of rotatable bonds is 7. The molecule has 0 aromatic carbocycles. The SMILES string of the molecule is CCCCNC(=O)C1N(CCO)C(=O)[C@@H]2[C@@H](C(=O)NC)[C@H]3CC(C)C12S3. The number of amides is 3. The van der Waals surface area contributed by atoms with Crippen molar-refractivity contribution < 1.29 is 19.5 Å². The smallest absolute Gasteiger partial charge is 0.244 e. The molecule has 0 saturated carbocycles. The Labute approximate surface area is 158 Å². The summed E-state index contributed by atoms with van der Waals surface area (Å²) < 4.78 is -0.579. The van der Waals surface area contributed by atoms with Gasteiger partial charge in [-0.2, -0.15) is 0 Å². The van der Waals surface area contributed by atoms with Crippen molar-refractivity contribution in [1.29, 1.82) is 0 Å². The van der Waals surface area contributed by atoms with Crippen LogP contribution in [0.25, 0.3) is 0 Å². The number of aliphatic hydroxyl groups excluding tert-OH is 1. The molecular weight excluding hydrogens is 354 g/mol. The molecule has 3 unspecified atom stereocenters. The Balaban J connectivity index is 1.98. The summed E-state index contributed by atoms with van der Waals surface area (Å²) in [5.74, 6) is -1.16. The molecular formula is C18H29N3O4S. The predicted octanol–water partition coefficient (Wildman–Crippen LogP) is -0.0218. The molecule has 3 heterocycles. The van der Waals surface area contributed by atoms with Gasteiger partial charge in [-0.3, -0.25) is 14.4 Å². The number of aliphatic hydroxyl groups is 1. The minimum absolute atomic E-state index is 0.0705. The monoisotopic (exact) mass is 383 g/mol. The second kappa shape index (κ2) is 7.38. The predicted molar refractivity (Wildman–Crippen MR) is 99.4 cm³/mol. The number of thioether (sulfide) groups is 1. The van der Waals surface area contributed by atoms with Gasteiger partial charge < -0.3 is 20.6 Å². The van der Waals surface area contributed by atoms with E-state index in [0.29, 0.717) is 6.54 Å². The third kappa shape index (κ3) is 2.64. The van der Waals surface area contributed by atoms with Crippen molar-refractivity contribution in [2.45, 2.75) is 49.1 Å². The van der Waals surface area contributed by atoms with E-state index in [9.17, 15) is 19.5 Å². The Kier molecular flexibility index (Phi) is 5.53. The normalized spacial score (nSPS) is 37.8. The van der Waals surface area contributed by atoms with Crippen LogP contribution >= 0.6 is 11.8 Å². The fourth-order valence-corrected chi connectivity index (χ4v) is 7.54. The van der Waals surface area contributed by atoms with Crippen molar-refractivity contribution in [3.05, 3.63) is 0 Å². The molecule has 3 aliphatic rings. The zero-order chi connectivity index (χ0) is 19.1. The number of unbranched alkanes of at least 4 members (excludes halogenated alkanes) is 1. The summed E-state index contributed by atoms with van der Waals surface area (Å²) in [4.78, 5) is 40.3. The lowest BCUT2D eigenvalue weighted by molar-refractivity contribution is -0.140. The maximum Gasteiger partial charge on any atom is 0.244 e. The Hall–Kier alpha value is -1.28. The largest absolute Gasteiger partial charge is 0.395 e. The van der Waals surface area contributed by atoms with E-state index in [1.165, 1.54) is 4.90 Å². The number of hydrogen-bond donors (Lipinski definition) is 3. The van der Waals surface area contributed by atoms with Gasteiger partial charge >= 0.3 is 0 Å². The molecule has 146 valence electrons. The van der Waals surface area contributed by atoms with Crippen LogP contribution in [0.5, 0.6) is 0 Å². The van der Waals surface area contributed by atoms with Gasteiger partial charge in [-0.15, -0.1) is 11.8 Å². The summed E-state index contributed by atoms with van der Waals surface area (Å²) in [5.41, 5.74) is 0. The molecule has 0 radical (unpaired) electrons.